The third kappa shape index (κ3) is 5.88. The first-order chi connectivity index (χ1) is 17.2. The van der Waals surface area contributed by atoms with E-state index in [2.05, 4.69) is 15.5 Å². The lowest BCUT2D eigenvalue weighted by molar-refractivity contribution is -0.169. The van der Waals surface area contributed by atoms with Crippen LogP contribution in [0.3, 0.4) is 0 Å². The monoisotopic (exact) mass is 543 g/mol. The van der Waals surface area contributed by atoms with Gasteiger partial charge in [-0.15, -0.1) is 23.1 Å². The van der Waals surface area contributed by atoms with Gasteiger partial charge in [0.1, 0.15) is 22.8 Å². The summed E-state index contributed by atoms with van der Waals surface area (Å²) in [6.45, 7) is 3.34. The number of β-lactam (4-membered cyclic amide) rings is 1. The molecule has 4 N–H and O–H groups in total. The zero-order chi connectivity index (χ0) is 26.4. The molecule has 14 nitrogen and oxygen atoms in total. The van der Waals surface area contributed by atoms with E-state index in [-0.39, 0.29) is 29.7 Å². The van der Waals surface area contributed by atoms with Crippen LogP contribution in [0.15, 0.2) is 21.8 Å². The Morgan fingerprint density at radius 3 is 2.75 bits per heavy atom. The van der Waals surface area contributed by atoms with E-state index in [0.717, 1.165) is 11.3 Å². The van der Waals surface area contributed by atoms with Gasteiger partial charge in [0.15, 0.2) is 10.8 Å². The molecule has 0 aromatic carbocycles. The normalized spacial score (nSPS) is 20.2. The molecule has 0 aliphatic carbocycles. The van der Waals surface area contributed by atoms with E-state index < -0.39 is 47.4 Å². The van der Waals surface area contributed by atoms with Crippen LogP contribution in [0.2, 0.25) is 0 Å². The van der Waals surface area contributed by atoms with Gasteiger partial charge in [0.05, 0.1) is 13.2 Å². The Morgan fingerprint density at radius 2 is 2.14 bits per heavy atom. The van der Waals surface area contributed by atoms with Crippen LogP contribution in [0, 0.1) is 0 Å². The minimum absolute atomic E-state index is 0.0469. The number of anilines is 1. The Hall–Kier alpha value is -3.37. The highest BCUT2D eigenvalue weighted by Gasteiger charge is 2.55. The van der Waals surface area contributed by atoms with Crippen molar-refractivity contribution >= 4 is 57.9 Å². The highest BCUT2D eigenvalue weighted by atomic mass is 32.2. The van der Waals surface area contributed by atoms with E-state index in [1.807, 2.05) is 6.92 Å². The molecule has 1 saturated heterocycles. The number of methoxy groups -OCH3 is 1. The van der Waals surface area contributed by atoms with Crippen LogP contribution in [-0.2, 0) is 33.3 Å². The molecule has 0 saturated carbocycles. The zero-order valence-electron chi connectivity index (χ0n) is 19.6. The van der Waals surface area contributed by atoms with Gasteiger partial charge in [-0.3, -0.25) is 14.5 Å². The van der Waals surface area contributed by atoms with Crippen molar-refractivity contribution in [1.82, 2.24) is 15.2 Å². The molecule has 3 heterocycles. The number of rotatable bonds is 10. The summed E-state index contributed by atoms with van der Waals surface area (Å²) in [6, 6.07) is -1.01. The summed E-state index contributed by atoms with van der Waals surface area (Å²) in [5.41, 5.74) is 5.63. The summed E-state index contributed by atoms with van der Waals surface area (Å²) < 4.78 is 20.1. The summed E-state index contributed by atoms with van der Waals surface area (Å²) in [4.78, 5) is 55.4. The van der Waals surface area contributed by atoms with Gasteiger partial charge in [-0.25, -0.2) is 14.6 Å². The molecule has 3 rings (SSSR count). The van der Waals surface area contributed by atoms with Gasteiger partial charge < -0.3 is 35.2 Å². The van der Waals surface area contributed by atoms with Gasteiger partial charge >= 0.3 is 12.1 Å². The molecule has 2 amide bonds. The second kappa shape index (κ2) is 12.0. The number of thioether (sulfide) groups is 1. The van der Waals surface area contributed by atoms with E-state index in [1.54, 1.807) is 0 Å². The van der Waals surface area contributed by atoms with Crippen molar-refractivity contribution in [2.75, 3.05) is 31.8 Å². The van der Waals surface area contributed by atoms with E-state index in [9.17, 15) is 24.4 Å². The number of aromatic nitrogens is 1. The van der Waals surface area contributed by atoms with E-state index in [4.69, 9.17) is 24.7 Å². The number of hydrogen-bond donors (Lipinski definition) is 3. The highest BCUT2D eigenvalue weighted by Crippen LogP contribution is 2.40. The first-order valence-electron chi connectivity index (χ1n) is 10.7. The van der Waals surface area contributed by atoms with Crippen LogP contribution < -0.4 is 11.1 Å². The van der Waals surface area contributed by atoms with Gasteiger partial charge in [0.2, 0.25) is 6.29 Å². The summed E-state index contributed by atoms with van der Waals surface area (Å²) in [5, 5.41) is 15.7. The number of hydrogen-bond acceptors (Lipinski definition) is 14. The lowest BCUT2D eigenvalue weighted by Gasteiger charge is -2.49. The highest BCUT2D eigenvalue weighted by molar-refractivity contribution is 8.00. The van der Waals surface area contributed by atoms with E-state index in [1.165, 1.54) is 36.1 Å². The summed E-state index contributed by atoms with van der Waals surface area (Å²) in [7, 11) is 1.43. The Balaban J connectivity index is 1.71. The van der Waals surface area contributed by atoms with Crippen LogP contribution in [0.5, 0.6) is 0 Å². The molecule has 0 bridgehead atoms. The number of esters is 1. The minimum atomic E-state index is -1.29. The van der Waals surface area contributed by atoms with Gasteiger partial charge in [0.25, 0.3) is 11.8 Å². The third-order valence-electron chi connectivity index (χ3n) is 4.88. The fourth-order valence-electron chi connectivity index (χ4n) is 3.36. The number of thiazole rings is 1. The molecule has 1 aromatic heterocycles. The maximum atomic E-state index is 13.0. The van der Waals surface area contributed by atoms with Crippen molar-refractivity contribution in [2.24, 2.45) is 5.16 Å². The van der Waals surface area contributed by atoms with Crippen molar-refractivity contribution < 1.29 is 43.3 Å². The third-order valence-corrected chi connectivity index (χ3v) is 6.90. The average Bonchev–Trinajstić information content (AvgIpc) is 3.26. The van der Waals surface area contributed by atoms with Crippen molar-refractivity contribution in [3.63, 3.8) is 0 Å². The largest absolute Gasteiger partial charge is 0.511 e. The van der Waals surface area contributed by atoms with Crippen molar-refractivity contribution in [2.45, 2.75) is 38.0 Å². The van der Waals surface area contributed by atoms with E-state index >= 15 is 0 Å². The predicted octanol–water partition coefficient (Wildman–Crippen LogP) is 0.656. The Bertz CT molecular complexity index is 1090. The fraction of sp³-hybridized carbons (Fsp3) is 0.500. The van der Waals surface area contributed by atoms with Gasteiger partial charge in [0, 0.05) is 25.2 Å². The number of ether oxygens (including phenoxy) is 4. The summed E-state index contributed by atoms with van der Waals surface area (Å²) in [6.07, 6.45) is -1.69. The molecule has 0 spiro atoms. The fourth-order valence-corrected chi connectivity index (χ4v) is 5.24. The number of carbonyl (C=O) groups is 4. The second-order valence-corrected chi connectivity index (χ2v) is 9.45. The molecule has 16 heteroatoms. The summed E-state index contributed by atoms with van der Waals surface area (Å²) in [5.74, 6) is -2.04. The maximum absolute atomic E-state index is 13.0. The van der Waals surface area contributed by atoms with Crippen molar-refractivity contribution in [3.8, 4) is 0 Å². The molecular weight excluding hydrogens is 518 g/mol. The van der Waals surface area contributed by atoms with Gasteiger partial charge in [-0.1, -0.05) is 12.1 Å². The minimum Gasteiger partial charge on any atom is -0.434 e. The lowest BCUT2D eigenvalue weighted by Crippen LogP contribution is -2.71. The van der Waals surface area contributed by atoms with Crippen LogP contribution in [-0.4, -0.2) is 88.5 Å². The predicted molar refractivity (Wildman–Crippen MR) is 127 cm³/mol. The molecule has 196 valence electrons. The standard InChI is InChI=1S/C20H25N5O9S2/c1-4-5-32-20(29)34-9(2)33-18(28)14-10(6-31-3)7-35-17-13(16(27)25(14)17)23-15(26)12(24-30)11-8-36-19(21)22-11/h8-9,13,17,30H,4-7H2,1-3H3,(H2,21,22)(H,23,26)/t9?,13?,17-/m1/s1. The lowest BCUT2D eigenvalue weighted by atomic mass is 10.0. The molecular formula is C20H25N5O9S2. The number of fused-ring (bicyclic) bond motifs is 1. The number of nitrogen functional groups attached to an aromatic ring is 1. The molecule has 36 heavy (non-hydrogen) atoms. The average molecular weight is 544 g/mol. The quantitative estimate of drug-likeness (QED) is 0.0933. The molecule has 2 aliphatic heterocycles. The first kappa shape index (κ1) is 27.2. The van der Waals surface area contributed by atoms with Crippen LogP contribution >= 0.6 is 23.1 Å². The number of nitrogens with two attached hydrogens (primary N) is 1. The zero-order valence-corrected chi connectivity index (χ0v) is 21.2. The number of amides is 2. The van der Waals surface area contributed by atoms with Crippen molar-refractivity contribution in [1.29, 1.82) is 0 Å². The van der Waals surface area contributed by atoms with Gasteiger partial charge in [-0.2, -0.15) is 0 Å². The van der Waals surface area contributed by atoms with E-state index in [0.29, 0.717) is 17.7 Å². The number of nitrogens with one attached hydrogen (secondary N) is 1. The van der Waals surface area contributed by atoms with Gasteiger partial charge in [-0.05, 0) is 12.0 Å². The maximum Gasteiger partial charge on any atom is 0.511 e. The molecule has 3 atom stereocenters. The Labute approximate surface area is 213 Å². The first-order valence-corrected chi connectivity index (χ1v) is 12.6. The Kier molecular flexibility index (Phi) is 9.11. The van der Waals surface area contributed by atoms with Crippen LogP contribution in [0.4, 0.5) is 9.93 Å². The molecule has 1 aromatic rings. The molecule has 1 fully saturated rings. The molecule has 2 aliphatic rings. The Morgan fingerprint density at radius 1 is 1.39 bits per heavy atom. The number of oxime groups is 1. The smallest absolute Gasteiger partial charge is 0.434 e. The topological polar surface area (TPSA) is 192 Å². The summed E-state index contributed by atoms with van der Waals surface area (Å²) >= 11 is 2.35. The number of nitrogens with zero attached hydrogens (tertiary/aromatic N) is 3. The van der Waals surface area contributed by atoms with Crippen LogP contribution in [0.1, 0.15) is 26.0 Å². The van der Waals surface area contributed by atoms with Crippen LogP contribution in [0.25, 0.3) is 0 Å². The number of carbonyl (C=O) groups excluding carboxylic acids is 4. The molecule has 0 radical (unpaired) electrons. The second-order valence-electron chi connectivity index (χ2n) is 7.45. The van der Waals surface area contributed by atoms with Crippen molar-refractivity contribution in [3.05, 3.63) is 22.3 Å². The SMILES string of the molecule is CCCOC(=O)OC(C)OC(=O)C1=C(COC)CS[C@@H]2C(NC(=O)C(=NO)c3csc(N)n3)C(=O)N12. The molecule has 2 unspecified atom stereocenters.